The number of para-hydroxylation sites is 3. The molecule has 5 nitrogen and oxygen atoms in total. The first-order valence-electron chi connectivity index (χ1n) is 10.6. The van der Waals surface area contributed by atoms with Crippen molar-refractivity contribution >= 4 is 35.0 Å². The summed E-state index contributed by atoms with van der Waals surface area (Å²) in [6.45, 7) is 4.20. The molecule has 2 aromatic carbocycles. The Morgan fingerprint density at radius 2 is 1.93 bits per heavy atom. The van der Waals surface area contributed by atoms with Gasteiger partial charge in [0.25, 0.3) is 0 Å². The Bertz CT molecular complexity index is 886. The normalized spacial score (nSPS) is 17.1. The van der Waals surface area contributed by atoms with Crippen LogP contribution in [0.1, 0.15) is 50.5 Å². The number of amides is 2. The molecule has 0 saturated carbocycles. The lowest BCUT2D eigenvalue weighted by atomic mass is 9.98. The van der Waals surface area contributed by atoms with E-state index in [0.717, 1.165) is 42.6 Å². The van der Waals surface area contributed by atoms with Gasteiger partial charge >= 0.3 is 0 Å². The SMILES string of the molecule is CCCC[C@H](CC)C(=O)Nc1ccccc1[C@@H]1SCC(=O)N1c1ccccc1OC. The fraction of sp³-hybridized carbons (Fsp3) is 0.417. The van der Waals surface area contributed by atoms with Crippen LogP contribution in [-0.4, -0.2) is 24.7 Å². The summed E-state index contributed by atoms with van der Waals surface area (Å²) in [6, 6.07) is 15.3. The molecule has 0 bridgehead atoms. The summed E-state index contributed by atoms with van der Waals surface area (Å²) in [5, 5.41) is 2.92. The van der Waals surface area contributed by atoms with Gasteiger partial charge in [-0.3, -0.25) is 14.5 Å². The van der Waals surface area contributed by atoms with Crippen LogP contribution in [0, 0.1) is 5.92 Å². The van der Waals surface area contributed by atoms with E-state index in [9.17, 15) is 9.59 Å². The molecule has 1 N–H and O–H groups in total. The fourth-order valence-corrected chi connectivity index (χ4v) is 4.98. The van der Waals surface area contributed by atoms with Gasteiger partial charge in [-0.15, -0.1) is 11.8 Å². The van der Waals surface area contributed by atoms with Gasteiger partial charge in [-0.05, 0) is 31.0 Å². The van der Waals surface area contributed by atoms with Crippen LogP contribution in [0.5, 0.6) is 5.75 Å². The number of nitrogens with zero attached hydrogens (tertiary/aromatic N) is 1. The molecule has 2 amide bonds. The maximum Gasteiger partial charge on any atom is 0.238 e. The van der Waals surface area contributed by atoms with E-state index in [2.05, 4.69) is 19.2 Å². The fourth-order valence-electron chi connectivity index (χ4n) is 3.78. The van der Waals surface area contributed by atoms with E-state index in [1.54, 1.807) is 23.8 Å². The molecule has 1 aliphatic rings. The molecule has 160 valence electrons. The second-order valence-corrected chi connectivity index (χ2v) is 8.49. The van der Waals surface area contributed by atoms with Crippen LogP contribution in [0.2, 0.25) is 0 Å². The molecule has 1 aliphatic heterocycles. The highest BCUT2D eigenvalue weighted by molar-refractivity contribution is 8.00. The van der Waals surface area contributed by atoms with E-state index in [4.69, 9.17) is 4.74 Å². The molecule has 3 rings (SSSR count). The number of thioether (sulfide) groups is 1. The molecular formula is C24H30N2O3S. The first kappa shape index (κ1) is 22.2. The third-order valence-electron chi connectivity index (χ3n) is 5.47. The van der Waals surface area contributed by atoms with E-state index in [1.165, 1.54) is 0 Å². The summed E-state index contributed by atoms with van der Waals surface area (Å²) in [4.78, 5) is 27.5. The molecule has 0 aliphatic carbocycles. The maximum absolute atomic E-state index is 12.9. The largest absolute Gasteiger partial charge is 0.495 e. The zero-order valence-corrected chi connectivity index (χ0v) is 18.7. The summed E-state index contributed by atoms with van der Waals surface area (Å²) >= 11 is 1.56. The summed E-state index contributed by atoms with van der Waals surface area (Å²) in [7, 11) is 1.61. The predicted molar refractivity (Wildman–Crippen MR) is 124 cm³/mol. The molecule has 6 heteroatoms. The van der Waals surface area contributed by atoms with Crippen molar-refractivity contribution in [2.75, 3.05) is 23.1 Å². The molecule has 0 unspecified atom stereocenters. The molecule has 2 aromatic rings. The summed E-state index contributed by atoms with van der Waals surface area (Å²) in [5.74, 6) is 1.13. The average Bonchev–Trinajstić information content (AvgIpc) is 3.15. The van der Waals surface area contributed by atoms with E-state index in [-0.39, 0.29) is 23.1 Å². The molecule has 1 saturated heterocycles. The maximum atomic E-state index is 12.9. The van der Waals surface area contributed by atoms with E-state index in [0.29, 0.717) is 11.5 Å². The predicted octanol–water partition coefficient (Wildman–Crippen LogP) is 5.63. The molecule has 0 spiro atoms. The Kier molecular flexibility index (Phi) is 7.80. The zero-order chi connectivity index (χ0) is 21.5. The topological polar surface area (TPSA) is 58.6 Å². The van der Waals surface area contributed by atoms with Crippen LogP contribution in [0.3, 0.4) is 0 Å². The molecular weight excluding hydrogens is 396 g/mol. The van der Waals surface area contributed by atoms with Crippen molar-refractivity contribution in [3.63, 3.8) is 0 Å². The average molecular weight is 427 g/mol. The van der Waals surface area contributed by atoms with Crippen molar-refractivity contribution in [3.05, 3.63) is 54.1 Å². The van der Waals surface area contributed by atoms with Crippen LogP contribution in [0.25, 0.3) is 0 Å². The van der Waals surface area contributed by atoms with E-state index in [1.807, 2.05) is 48.5 Å². The zero-order valence-electron chi connectivity index (χ0n) is 17.9. The number of unbranched alkanes of at least 4 members (excludes halogenated alkanes) is 1. The molecule has 1 fully saturated rings. The standard InChI is InChI=1S/C24H30N2O3S/c1-4-6-11-17(5-2)23(28)25-19-13-8-7-12-18(19)24-26(22(27)16-30-24)20-14-9-10-15-21(20)29-3/h7-10,12-15,17,24H,4-6,11,16H2,1-3H3,(H,25,28)/t17-,24-/m0/s1. The van der Waals surface area contributed by atoms with E-state index >= 15 is 0 Å². The lowest BCUT2D eigenvalue weighted by Gasteiger charge is -2.27. The van der Waals surface area contributed by atoms with E-state index < -0.39 is 0 Å². The van der Waals surface area contributed by atoms with Crippen molar-refractivity contribution in [2.45, 2.75) is 44.9 Å². The number of hydrogen-bond acceptors (Lipinski definition) is 4. The lowest BCUT2D eigenvalue weighted by molar-refractivity contribution is -0.120. The van der Waals surface area contributed by atoms with Gasteiger partial charge in [0.15, 0.2) is 0 Å². The molecule has 2 atom stereocenters. The smallest absolute Gasteiger partial charge is 0.238 e. The molecule has 1 heterocycles. The van der Waals surface area contributed by atoms with Crippen molar-refractivity contribution in [2.24, 2.45) is 5.92 Å². The van der Waals surface area contributed by atoms with Crippen LogP contribution in [0.15, 0.2) is 48.5 Å². The highest BCUT2D eigenvalue weighted by Crippen LogP contribution is 2.46. The van der Waals surface area contributed by atoms with Crippen molar-refractivity contribution < 1.29 is 14.3 Å². The quantitative estimate of drug-likeness (QED) is 0.565. The summed E-state index contributed by atoms with van der Waals surface area (Å²) in [5.41, 5.74) is 2.44. The lowest BCUT2D eigenvalue weighted by Crippen LogP contribution is -2.29. The Labute approximate surface area is 183 Å². The summed E-state index contributed by atoms with van der Waals surface area (Å²) in [6.07, 6.45) is 3.83. The first-order valence-corrected chi connectivity index (χ1v) is 11.6. The number of anilines is 2. The number of carbonyl (C=O) groups is 2. The van der Waals surface area contributed by atoms with Gasteiger partial charge < -0.3 is 10.1 Å². The minimum absolute atomic E-state index is 0.00110. The molecule has 0 radical (unpaired) electrons. The Hall–Kier alpha value is -2.47. The number of benzene rings is 2. The Balaban J connectivity index is 1.90. The van der Waals surface area contributed by atoms with Gasteiger partial charge in [0, 0.05) is 17.2 Å². The Morgan fingerprint density at radius 3 is 2.67 bits per heavy atom. The van der Waals surface area contributed by atoms with Gasteiger partial charge in [0.1, 0.15) is 11.1 Å². The molecule has 30 heavy (non-hydrogen) atoms. The van der Waals surface area contributed by atoms with Gasteiger partial charge in [-0.2, -0.15) is 0 Å². The van der Waals surface area contributed by atoms with Gasteiger partial charge in [-0.25, -0.2) is 0 Å². The van der Waals surface area contributed by atoms with Crippen LogP contribution in [-0.2, 0) is 9.59 Å². The number of methoxy groups -OCH3 is 1. The molecule has 0 aromatic heterocycles. The monoisotopic (exact) mass is 426 g/mol. The number of carbonyl (C=O) groups excluding carboxylic acids is 2. The highest BCUT2D eigenvalue weighted by atomic mass is 32.2. The van der Waals surface area contributed by atoms with Crippen molar-refractivity contribution in [3.8, 4) is 5.75 Å². The second kappa shape index (κ2) is 10.5. The van der Waals surface area contributed by atoms with Gasteiger partial charge in [-0.1, -0.05) is 57.0 Å². The number of ether oxygens (including phenoxy) is 1. The van der Waals surface area contributed by atoms with Crippen molar-refractivity contribution in [1.29, 1.82) is 0 Å². The third-order valence-corrected chi connectivity index (χ3v) is 6.66. The van der Waals surface area contributed by atoms with Crippen LogP contribution < -0.4 is 15.0 Å². The highest BCUT2D eigenvalue weighted by Gasteiger charge is 2.37. The number of hydrogen-bond donors (Lipinski definition) is 1. The first-order chi connectivity index (χ1) is 14.6. The minimum Gasteiger partial charge on any atom is -0.495 e. The number of rotatable bonds is 9. The van der Waals surface area contributed by atoms with Gasteiger partial charge in [0.05, 0.1) is 18.6 Å². The Morgan fingerprint density at radius 1 is 1.20 bits per heavy atom. The van der Waals surface area contributed by atoms with Crippen LogP contribution in [0.4, 0.5) is 11.4 Å². The summed E-state index contributed by atoms with van der Waals surface area (Å²) < 4.78 is 5.50. The van der Waals surface area contributed by atoms with Crippen LogP contribution >= 0.6 is 11.8 Å². The van der Waals surface area contributed by atoms with Crippen molar-refractivity contribution in [1.82, 2.24) is 0 Å². The minimum atomic E-state index is -0.221. The second-order valence-electron chi connectivity index (χ2n) is 7.42. The van der Waals surface area contributed by atoms with Gasteiger partial charge in [0.2, 0.25) is 11.8 Å². The number of nitrogens with one attached hydrogen (secondary N) is 1. The third kappa shape index (κ3) is 4.81.